The van der Waals surface area contributed by atoms with Crippen molar-refractivity contribution in [1.29, 1.82) is 0 Å². The average Bonchev–Trinajstić information content (AvgIpc) is 3.58. The van der Waals surface area contributed by atoms with Gasteiger partial charge in [-0.3, -0.25) is 9.36 Å². The Morgan fingerprint density at radius 1 is 1.26 bits per heavy atom. The molecule has 2 aromatic heterocycles. The maximum atomic E-state index is 13.9. The Balaban J connectivity index is 1.76. The predicted molar refractivity (Wildman–Crippen MR) is 136 cm³/mol. The molecule has 1 amide bonds. The minimum absolute atomic E-state index is 0.0323. The number of aliphatic hydroxyl groups is 1. The second-order valence-corrected chi connectivity index (χ2v) is 10.3. The number of aromatic hydroxyl groups is 1. The van der Waals surface area contributed by atoms with Gasteiger partial charge in [0.2, 0.25) is 11.8 Å². The Kier molecular flexibility index (Phi) is 7.72. The molecular formula is C26H33N5O7. The van der Waals surface area contributed by atoms with E-state index in [0.29, 0.717) is 35.2 Å². The second kappa shape index (κ2) is 10.8. The van der Waals surface area contributed by atoms with Crippen LogP contribution in [-0.2, 0) is 24.3 Å². The van der Waals surface area contributed by atoms with Gasteiger partial charge >= 0.3 is 6.09 Å². The Labute approximate surface area is 219 Å². The van der Waals surface area contributed by atoms with Gasteiger partial charge in [-0.15, -0.1) is 10.2 Å². The number of para-hydroxylation sites is 1. The van der Waals surface area contributed by atoms with E-state index in [1.54, 1.807) is 39.0 Å². The van der Waals surface area contributed by atoms with Crippen LogP contribution >= 0.6 is 0 Å². The lowest BCUT2D eigenvalue weighted by Crippen LogP contribution is -2.33. The number of rotatable bonds is 9. The van der Waals surface area contributed by atoms with Gasteiger partial charge < -0.3 is 29.0 Å². The zero-order valence-electron chi connectivity index (χ0n) is 22.2. The van der Waals surface area contributed by atoms with Gasteiger partial charge in [0.1, 0.15) is 23.7 Å². The molecule has 4 rings (SSSR count). The molecule has 0 unspecified atom stereocenters. The highest BCUT2D eigenvalue weighted by atomic mass is 16.6. The molecule has 12 heteroatoms. The maximum Gasteiger partial charge on any atom is 0.410 e. The minimum atomic E-state index is -0.680. The van der Waals surface area contributed by atoms with Gasteiger partial charge in [-0.05, 0) is 39.2 Å². The van der Waals surface area contributed by atoms with Crippen LogP contribution in [-0.4, -0.2) is 60.7 Å². The highest BCUT2D eigenvalue weighted by Crippen LogP contribution is 2.35. The number of aliphatic hydroxyl groups excluding tert-OH is 1. The number of hydrogen-bond donors (Lipinski definition) is 2. The van der Waals surface area contributed by atoms with Crippen LogP contribution in [0.5, 0.6) is 11.6 Å². The quantitative estimate of drug-likeness (QED) is 0.424. The molecule has 2 N–H and O–H groups in total. The predicted octanol–water partition coefficient (Wildman–Crippen LogP) is 3.20. The van der Waals surface area contributed by atoms with Crippen LogP contribution in [0.4, 0.5) is 4.79 Å². The van der Waals surface area contributed by atoms with E-state index in [2.05, 4.69) is 15.2 Å². The van der Waals surface area contributed by atoms with Crippen LogP contribution in [0, 0.1) is 5.92 Å². The van der Waals surface area contributed by atoms with E-state index in [-0.39, 0.29) is 30.5 Å². The van der Waals surface area contributed by atoms with Crippen molar-refractivity contribution >= 4 is 6.09 Å². The first kappa shape index (κ1) is 27.1. The molecule has 0 atom stereocenters. The van der Waals surface area contributed by atoms with Gasteiger partial charge in [0.25, 0.3) is 11.4 Å². The fourth-order valence-electron chi connectivity index (χ4n) is 4.02. The van der Waals surface area contributed by atoms with E-state index in [1.165, 1.54) is 23.6 Å². The molecule has 1 saturated carbocycles. The SMILES string of the molecule is COc1cccc(CO)c1-n1c(CCC2CC2)nc(O)c(-c2nnc(CN(C)C(=O)OC(C)(C)C)o2)c1=O. The normalized spacial score (nSPS) is 13.4. The number of methoxy groups -OCH3 is 1. The molecule has 1 fully saturated rings. The fourth-order valence-corrected chi connectivity index (χ4v) is 4.02. The zero-order chi connectivity index (χ0) is 27.6. The molecule has 0 aliphatic heterocycles. The van der Waals surface area contributed by atoms with Crippen molar-refractivity contribution in [3.63, 3.8) is 0 Å². The van der Waals surface area contributed by atoms with Crippen molar-refractivity contribution in [2.75, 3.05) is 14.2 Å². The number of nitrogens with zero attached hydrogens (tertiary/aromatic N) is 5. The number of aryl methyl sites for hydroxylation is 1. The summed E-state index contributed by atoms with van der Waals surface area (Å²) in [6.07, 6.45) is 2.89. The Morgan fingerprint density at radius 2 is 2.00 bits per heavy atom. The van der Waals surface area contributed by atoms with Crippen molar-refractivity contribution in [2.24, 2.45) is 5.92 Å². The maximum absolute atomic E-state index is 13.9. The van der Waals surface area contributed by atoms with Crippen LogP contribution in [0.2, 0.25) is 0 Å². The Morgan fingerprint density at radius 3 is 2.63 bits per heavy atom. The number of carbonyl (C=O) groups excluding carboxylic acids is 1. The second-order valence-electron chi connectivity index (χ2n) is 10.3. The molecule has 2 heterocycles. The third-order valence-corrected chi connectivity index (χ3v) is 6.06. The summed E-state index contributed by atoms with van der Waals surface area (Å²) in [5.41, 5.74) is -0.859. The number of carbonyl (C=O) groups is 1. The highest BCUT2D eigenvalue weighted by Gasteiger charge is 2.28. The standard InChI is InChI=1S/C26H33N5O7/c1-26(2,3)38-25(35)30(4)13-19-28-29-23(37-19)20-22(33)27-18(12-11-15-9-10-15)31(24(20)34)21-16(14-32)7-6-8-17(21)36-5/h6-8,15,32-33H,9-14H2,1-5H3. The van der Waals surface area contributed by atoms with Gasteiger partial charge in [0.15, 0.2) is 5.56 Å². The summed E-state index contributed by atoms with van der Waals surface area (Å²) < 4.78 is 17.8. The largest absolute Gasteiger partial charge is 0.495 e. The minimum Gasteiger partial charge on any atom is -0.495 e. The average molecular weight is 528 g/mol. The zero-order valence-corrected chi connectivity index (χ0v) is 22.2. The van der Waals surface area contributed by atoms with E-state index in [4.69, 9.17) is 13.9 Å². The lowest BCUT2D eigenvalue weighted by Gasteiger charge is -2.23. The van der Waals surface area contributed by atoms with Gasteiger partial charge in [-0.25, -0.2) is 4.79 Å². The number of ether oxygens (including phenoxy) is 2. The first-order valence-corrected chi connectivity index (χ1v) is 12.4. The number of aromatic nitrogens is 4. The molecule has 0 saturated heterocycles. The summed E-state index contributed by atoms with van der Waals surface area (Å²) >= 11 is 0. The summed E-state index contributed by atoms with van der Waals surface area (Å²) in [7, 11) is 2.98. The summed E-state index contributed by atoms with van der Waals surface area (Å²) in [4.78, 5) is 31.8. The Bertz CT molecular complexity index is 1350. The first-order valence-electron chi connectivity index (χ1n) is 12.4. The van der Waals surface area contributed by atoms with E-state index in [9.17, 15) is 19.8 Å². The van der Waals surface area contributed by atoms with Crippen LogP contribution in [0.15, 0.2) is 27.4 Å². The number of amides is 1. The Hall–Kier alpha value is -3.93. The van der Waals surface area contributed by atoms with Crippen molar-refractivity contribution in [2.45, 2.75) is 65.2 Å². The number of benzene rings is 1. The van der Waals surface area contributed by atoms with E-state index in [1.807, 2.05) is 0 Å². The molecule has 204 valence electrons. The molecule has 0 spiro atoms. The van der Waals surface area contributed by atoms with Crippen molar-refractivity contribution in [1.82, 2.24) is 24.6 Å². The van der Waals surface area contributed by atoms with Crippen LogP contribution in [0.1, 0.15) is 57.3 Å². The molecular weight excluding hydrogens is 494 g/mol. The molecule has 1 aliphatic carbocycles. The van der Waals surface area contributed by atoms with E-state index < -0.39 is 23.1 Å². The van der Waals surface area contributed by atoms with E-state index in [0.717, 1.165) is 19.3 Å². The third-order valence-electron chi connectivity index (χ3n) is 6.06. The topological polar surface area (TPSA) is 153 Å². The van der Waals surface area contributed by atoms with Crippen LogP contribution < -0.4 is 10.3 Å². The smallest absolute Gasteiger partial charge is 0.410 e. The molecule has 0 radical (unpaired) electrons. The van der Waals surface area contributed by atoms with Gasteiger partial charge in [0, 0.05) is 19.0 Å². The summed E-state index contributed by atoms with van der Waals surface area (Å²) in [6.45, 7) is 4.83. The van der Waals surface area contributed by atoms with Gasteiger partial charge in [-0.2, -0.15) is 4.98 Å². The number of hydrogen-bond acceptors (Lipinski definition) is 10. The fraction of sp³-hybridized carbons (Fsp3) is 0.500. The molecule has 0 bridgehead atoms. The lowest BCUT2D eigenvalue weighted by molar-refractivity contribution is 0.0271. The first-order chi connectivity index (χ1) is 18.0. The van der Waals surface area contributed by atoms with E-state index >= 15 is 0 Å². The summed E-state index contributed by atoms with van der Waals surface area (Å²) in [6, 6.07) is 5.07. The van der Waals surface area contributed by atoms with Gasteiger partial charge in [-0.1, -0.05) is 25.0 Å². The molecule has 1 aromatic carbocycles. The van der Waals surface area contributed by atoms with Crippen LogP contribution in [0.3, 0.4) is 0 Å². The third kappa shape index (κ3) is 5.96. The van der Waals surface area contributed by atoms with Crippen molar-refractivity contribution in [3.05, 3.63) is 45.8 Å². The van der Waals surface area contributed by atoms with Crippen LogP contribution in [0.25, 0.3) is 17.1 Å². The van der Waals surface area contributed by atoms with Crippen molar-refractivity contribution < 1.29 is 28.9 Å². The highest BCUT2D eigenvalue weighted by molar-refractivity contribution is 5.67. The van der Waals surface area contributed by atoms with Gasteiger partial charge in [0.05, 0.1) is 19.4 Å². The summed E-state index contributed by atoms with van der Waals surface area (Å²) in [5, 5.41) is 28.7. The molecule has 1 aliphatic rings. The monoisotopic (exact) mass is 527 g/mol. The lowest BCUT2D eigenvalue weighted by atomic mass is 10.1. The molecule has 3 aromatic rings. The molecule has 38 heavy (non-hydrogen) atoms. The van der Waals surface area contributed by atoms with Crippen molar-refractivity contribution in [3.8, 4) is 28.8 Å². The molecule has 12 nitrogen and oxygen atoms in total. The summed E-state index contributed by atoms with van der Waals surface area (Å²) in [5.74, 6) is 0.466.